The van der Waals surface area contributed by atoms with Crippen LogP contribution in [0.2, 0.25) is 0 Å². The van der Waals surface area contributed by atoms with Crippen LogP contribution in [0, 0.1) is 18.3 Å². The monoisotopic (exact) mass is 441 g/mol. The Kier molecular flexibility index (Phi) is 5.39. The van der Waals surface area contributed by atoms with Crippen molar-refractivity contribution < 1.29 is 17.2 Å². The minimum Gasteiger partial charge on any atom is -0.291 e. The van der Waals surface area contributed by atoms with E-state index in [0.717, 1.165) is 17.6 Å². The molecule has 0 saturated heterocycles. The zero-order chi connectivity index (χ0) is 22.2. The molecule has 0 fully saturated rings. The molecule has 1 N–H and O–H groups in total. The highest BCUT2D eigenvalue weighted by molar-refractivity contribution is 7.89. The van der Waals surface area contributed by atoms with Gasteiger partial charge in [0, 0.05) is 23.0 Å². The lowest BCUT2D eigenvalue weighted by Gasteiger charge is -2.15. The van der Waals surface area contributed by atoms with Gasteiger partial charge in [-0.05, 0) is 43.3 Å². The number of halogens is 2. The van der Waals surface area contributed by atoms with E-state index in [1.54, 1.807) is 4.57 Å². The van der Waals surface area contributed by atoms with Gasteiger partial charge in [-0.25, -0.2) is 26.9 Å². The molecule has 158 valence electrons. The predicted octanol–water partition coefficient (Wildman–Crippen LogP) is 3.28. The highest BCUT2D eigenvalue weighted by atomic mass is 32.2. The van der Waals surface area contributed by atoms with E-state index in [0.29, 0.717) is 28.0 Å². The van der Waals surface area contributed by atoms with E-state index < -0.39 is 29.4 Å². The van der Waals surface area contributed by atoms with Crippen molar-refractivity contribution in [3.63, 3.8) is 0 Å². The van der Waals surface area contributed by atoms with Gasteiger partial charge in [-0.2, -0.15) is 5.26 Å². The van der Waals surface area contributed by atoms with Crippen molar-refractivity contribution in [2.24, 2.45) is 0 Å². The minimum atomic E-state index is -4.15. The molecular weight excluding hydrogens is 424 g/mol. The molecule has 10 heteroatoms. The summed E-state index contributed by atoms with van der Waals surface area (Å²) in [6, 6.07) is 7.11. The molecule has 7 nitrogen and oxygen atoms in total. The van der Waals surface area contributed by atoms with Gasteiger partial charge in [0.15, 0.2) is 0 Å². The van der Waals surface area contributed by atoms with E-state index in [-0.39, 0.29) is 4.90 Å². The molecule has 0 unspecified atom stereocenters. The SMILES string of the molecule is Cc1ccc2c(C#N)c(-c3ccc(S(=O)(=O)NC(CF)CF)cn3)n(C3=CC=C3)c2n1. The molecule has 0 amide bonds. The summed E-state index contributed by atoms with van der Waals surface area (Å²) in [4.78, 5) is 8.58. The van der Waals surface area contributed by atoms with Crippen LogP contribution in [-0.4, -0.2) is 42.3 Å². The van der Waals surface area contributed by atoms with Crippen LogP contribution in [-0.2, 0) is 10.0 Å². The van der Waals surface area contributed by atoms with Crippen molar-refractivity contribution in [2.75, 3.05) is 13.3 Å². The van der Waals surface area contributed by atoms with Gasteiger partial charge >= 0.3 is 0 Å². The number of aryl methyl sites for hydroxylation is 1. The Morgan fingerprint density at radius 3 is 2.52 bits per heavy atom. The zero-order valence-corrected chi connectivity index (χ0v) is 17.2. The van der Waals surface area contributed by atoms with Gasteiger partial charge in [0.2, 0.25) is 10.0 Å². The van der Waals surface area contributed by atoms with Gasteiger partial charge in [-0.1, -0.05) is 6.08 Å². The maximum Gasteiger partial charge on any atom is 0.242 e. The lowest BCUT2D eigenvalue weighted by molar-refractivity contribution is 0.334. The van der Waals surface area contributed by atoms with Crippen molar-refractivity contribution in [3.8, 4) is 17.5 Å². The number of aromatic nitrogens is 3. The quantitative estimate of drug-likeness (QED) is 0.607. The van der Waals surface area contributed by atoms with E-state index in [1.807, 2.05) is 42.0 Å². The zero-order valence-electron chi connectivity index (χ0n) is 16.4. The van der Waals surface area contributed by atoms with Crippen LogP contribution in [0.4, 0.5) is 8.78 Å². The number of fused-ring (bicyclic) bond motifs is 1. The van der Waals surface area contributed by atoms with Crippen molar-refractivity contribution in [1.29, 1.82) is 5.26 Å². The summed E-state index contributed by atoms with van der Waals surface area (Å²) in [7, 11) is -4.15. The summed E-state index contributed by atoms with van der Waals surface area (Å²) in [5.41, 5.74) is 3.39. The van der Waals surface area contributed by atoms with Gasteiger partial charge < -0.3 is 0 Å². The number of pyridine rings is 2. The fourth-order valence-electron chi connectivity index (χ4n) is 3.26. The molecule has 3 aromatic rings. The fourth-order valence-corrected chi connectivity index (χ4v) is 4.40. The highest BCUT2D eigenvalue weighted by Gasteiger charge is 2.25. The summed E-state index contributed by atoms with van der Waals surface area (Å²) >= 11 is 0. The van der Waals surface area contributed by atoms with Crippen LogP contribution in [0.3, 0.4) is 0 Å². The molecule has 0 spiro atoms. The number of nitrogens with one attached hydrogen (secondary N) is 1. The first-order chi connectivity index (χ1) is 14.9. The van der Waals surface area contributed by atoms with Crippen LogP contribution in [0.15, 0.2) is 53.6 Å². The van der Waals surface area contributed by atoms with Crippen molar-refractivity contribution in [3.05, 3.63) is 59.9 Å². The number of hydrogen-bond acceptors (Lipinski definition) is 5. The van der Waals surface area contributed by atoms with Crippen molar-refractivity contribution >= 4 is 26.8 Å². The summed E-state index contributed by atoms with van der Waals surface area (Å²) in [6.45, 7) is -0.482. The third kappa shape index (κ3) is 3.62. The standard InChI is InChI=1S/C21H17F2N5O2S/c1-13-5-7-17-18(11-24)20(28(21(17)26-13)15-3-2-4-15)19-8-6-16(12-25-19)31(29,30)27-14(9-22)10-23/h2-8,12,14,27H,9-10H2,1H3. The Hall–Kier alpha value is -3.42. The average molecular weight is 441 g/mol. The topological polar surface area (TPSA) is 101 Å². The second-order valence-corrected chi connectivity index (χ2v) is 8.67. The summed E-state index contributed by atoms with van der Waals surface area (Å²) in [6.07, 6.45) is 6.68. The molecule has 4 rings (SSSR count). The fraction of sp³-hybridized carbons (Fsp3) is 0.190. The first-order valence-electron chi connectivity index (χ1n) is 9.31. The molecule has 0 aliphatic heterocycles. The number of nitriles is 1. The molecular formula is C21H17F2N5O2S. The summed E-state index contributed by atoms with van der Waals surface area (Å²) in [5.74, 6) is 0. The Labute approximate surface area is 177 Å². The number of nitrogens with zero attached hydrogens (tertiary/aromatic N) is 4. The number of sulfonamides is 1. The second kappa shape index (κ2) is 8.02. The first-order valence-corrected chi connectivity index (χ1v) is 10.8. The van der Waals surface area contributed by atoms with Crippen LogP contribution >= 0.6 is 0 Å². The number of alkyl halides is 2. The van der Waals surface area contributed by atoms with E-state index in [2.05, 4.69) is 16.0 Å². The average Bonchev–Trinajstić information content (AvgIpc) is 3.04. The molecule has 31 heavy (non-hydrogen) atoms. The Morgan fingerprint density at radius 1 is 1.23 bits per heavy atom. The molecule has 0 bridgehead atoms. The van der Waals surface area contributed by atoms with Crippen LogP contribution < -0.4 is 4.72 Å². The van der Waals surface area contributed by atoms with E-state index in [9.17, 15) is 22.5 Å². The lowest BCUT2D eigenvalue weighted by atomic mass is 10.1. The van der Waals surface area contributed by atoms with Gasteiger partial charge in [-0.3, -0.25) is 9.55 Å². The van der Waals surface area contributed by atoms with E-state index >= 15 is 0 Å². The van der Waals surface area contributed by atoms with Crippen LogP contribution in [0.25, 0.3) is 28.1 Å². The third-order valence-corrected chi connectivity index (χ3v) is 6.35. The molecule has 3 aromatic heterocycles. The lowest BCUT2D eigenvalue weighted by Crippen LogP contribution is -2.37. The molecule has 0 aromatic carbocycles. The second-order valence-electron chi connectivity index (χ2n) is 6.95. The van der Waals surface area contributed by atoms with E-state index in [4.69, 9.17) is 0 Å². The maximum atomic E-state index is 12.7. The Balaban J connectivity index is 1.84. The molecule has 1 aliphatic rings. The first kappa shape index (κ1) is 20.8. The maximum absolute atomic E-state index is 12.7. The summed E-state index contributed by atoms with van der Waals surface area (Å²) < 4.78 is 54.0. The number of allylic oxidation sites excluding steroid dienone is 4. The minimum absolute atomic E-state index is 0.235. The number of hydrogen-bond donors (Lipinski definition) is 1. The Bertz CT molecular complexity index is 1370. The summed E-state index contributed by atoms with van der Waals surface area (Å²) in [5, 5.41) is 10.5. The molecule has 3 heterocycles. The molecule has 0 radical (unpaired) electrons. The smallest absolute Gasteiger partial charge is 0.242 e. The number of rotatable bonds is 7. The highest BCUT2D eigenvalue weighted by Crippen LogP contribution is 2.36. The third-order valence-electron chi connectivity index (χ3n) is 4.84. The molecule has 0 saturated carbocycles. The normalized spacial score (nSPS) is 13.3. The van der Waals surface area contributed by atoms with Gasteiger partial charge in [0.05, 0.1) is 23.0 Å². The largest absolute Gasteiger partial charge is 0.291 e. The van der Waals surface area contributed by atoms with Crippen molar-refractivity contribution in [1.82, 2.24) is 19.3 Å². The van der Waals surface area contributed by atoms with Crippen molar-refractivity contribution in [2.45, 2.75) is 17.9 Å². The van der Waals surface area contributed by atoms with E-state index in [1.165, 1.54) is 12.1 Å². The van der Waals surface area contributed by atoms with Gasteiger partial charge in [0.1, 0.15) is 30.0 Å². The van der Waals surface area contributed by atoms with Crippen LogP contribution in [0.5, 0.6) is 0 Å². The Morgan fingerprint density at radius 2 is 1.97 bits per heavy atom. The molecule has 1 aliphatic carbocycles. The van der Waals surface area contributed by atoms with Gasteiger partial charge in [0.25, 0.3) is 0 Å². The predicted molar refractivity (Wildman–Crippen MR) is 112 cm³/mol. The van der Waals surface area contributed by atoms with Gasteiger partial charge in [-0.15, -0.1) is 0 Å². The van der Waals surface area contributed by atoms with Crippen LogP contribution in [0.1, 0.15) is 11.3 Å². The molecule has 0 atom stereocenters.